The van der Waals surface area contributed by atoms with Gasteiger partial charge in [0.1, 0.15) is 0 Å². The molecule has 1 heterocycles. The maximum Gasteiger partial charge on any atom is 0.243 e. The van der Waals surface area contributed by atoms with E-state index in [1.807, 2.05) is 30.3 Å². The van der Waals surface area contributed by atoms with Crippen molar-refractivity contribution in [2.45, 2.75) is 24.2 Å². The Labute approximate surface area is 141 Å². The summed E-state index contributed by atoms with van der Waals surface area (Å²) in [6.45, 7) is 2.93. The van der Waals surface area contributed by atoms with Crippen LogP contribution in [0.4, 0.5) is 4.39 Å². The van der Waals surface area contributed by atoms with E-state index in [0.717, 1.165) is 18.1 Å². The minimum absolute atomic E-state index is 0.0304. The first-order valence-corrected chi connectivity index (χ1v) is 9.44. The molecule has 0 aliphatic carbocycles. The van der Waals surface area contributed by atoms with Gasteiger partial charge in [0, 0.05) is 13.1 Å². The van der Waals surface area contributed by atoms with Crippen LogP contribution in [-0.4, -0.2) is 32.4 Å². The van der Waals surface area contributed by atoms with Gasteiger partial charge in [0.25, 0.3) is 0 Å². The van der Waals surface area contributed by atoms with Crippen LogP contribution in [-0.2, 0) is 10.0 Å². The highest BCUT2D eigenvalue weighted by Crippen LogP contribution is 2.32. The Bertz CT molecular complexity index is 808. The topological polar surface area (TPSA) is 46.6 Å². The van der Waals surface area contributed by atoms with E-state index in [4.69, 9.17) is 4.74 Å². The quantitative estimate of drug-likeness (QED) is 0.831. The van der Waals surface area contributed by atoms with E-state index >= 15 is 0 Å². The van der Waals surface area contributed by atoms with Gasteiger partial charge in [-0.1, -0.05) is 30.3 Å². The summed E-state index contributed by atoms with van der Waals surface area (Å²) in [5, 5.41) is 0. The number of nitrogens with zero attached hydrogens (tertiary/aromatic N) is 1. The molecule has 1 saturated heterocycles. The van der Waals surface area contributed by atoms with E-state index in [1.54, 1.807) is 6.92 Å². The third-order valence-corrected chi connectivity index (χ3v) is 6.12. The molecule has 0 bridgehead atoms. The van der Waals surface area contributed by atoms with Crippen molar-refractivity contribution < 1.29 is 17.5 Å². The lowest BCUT2D eigenvalue weighted by atomic mass is 9.99. The van der Waals surface area contributed by atoms with Gasteiger partial charge in [-0.3, -0.25) is 0 Å². The number of halogens is 1. The predicted molar refractivity (Wildman–Crippen MR) is 90.1 cm³/mol. The number of hydrogen-bond acceptors (Lipinski definition) is 3. The monoisotopic (exact) mass is 349 g/mol. The first-order chi connectivity index (χ1) is 11.5. The summed E-state index contributed by atoms with van der Waals surface area (Å²) < 4.78 is 46.0. The van der Waals surface area contributed by atoms with Crippen LogP contribution in [0.5, 0.6) is 5.75 Å². The van der Waals surface area contributed by atoms with Gasteiger partial charge in [-0.25, -0.2) is 12.8 Å². The van der Waals surface area contributed by atoms with E-state index < -0.39 is 15.8 Å². The number of rotatable bonds is 5. The lowest BCUT2D eigenvalue weighted by Crippen LogP contribution is -2.28. The van der Waals surface area contributed by atoms with Gasteiger partial charge in [-0.15, -0.1) is 0 Å². The zero-order valence-corrected chi connectivity index (χ0v) is 14.3. The number of ether oxygens (including phenoxy) is 1. The molecule has 2 aromatic rings. The van der Waals surface area contributed by atoms with Crippen LogP contribution in [0.3, 0.4) is 0 Å². The Morgan fingerprint density at radius 1 is 1.21 bits per heavy atom. The van der Waals surface area contributed by atoms with Crippen LogP contribution >= 0.6 is 0 Å². The third-order valence-electron chi connectivity index (χ3n) is 4.26. The van der Waals surface area contributed by atoms with Gasteiger partial charge in [0.05, 0.1) is 11.5 Å². The van der Waals surface area contributed by atoms with Crippen LogP contribution in [0, 0.1) is 5.82 Å². The van der Waals surface area contributed by atoms with E-state index in [1.165, 1.54) is 16.4 Å². The molecule has 1 aliphatic heterocycles. The molecule has 128 valence electrons. The van der Waals surface area contributed by atoms with Crippen LogP contribution in [0.1, 0.15) is 24.8 Å². The maximum atomic E-state index is 14.0. The van der Waals surface area contributed by atoms with Gasteiger partial charge in [0.15, 0.2) is 11.6 Å². The van der Waals surface area contributed by atoms with Gasteiger partial charge in [-0.05, 0) is 43.0 Å². The SMILES string of the molecule is CCOc1ccc(S(=O)(=O)N2CCC(c3ccccc3)C2)cc1F. The molecule has 24 heavy (non-hydrogen) atoms. The maximum absolute atomic E-state index is 14.0. The molecule has 1 unspecified atom stereocenters. The molecule has 0 amide bonds. The first kappa shape index (κ1) is 16.9. The minimum atomic E-state index is -3.70. The second-order valence-electron chi connectivity index (χ2n) is 5.78. The molecule has 0 N–H and O–H groups in total. The van der Waals surface area contributed by atoms with Crippen molar-refractivity contribution in [3.8, 4) is 5.75 Å². The lowest BCUT2D eigenvalue weighted by Gasteiger charge is -2.17. The molecule has 6 heteroatoms. The molecular weight excluding hydrogens is 329 g/mol. The zero-order chi connectivity index (χ0) is 17.2. The molecule has 2 aromatic carbocycles. The largest absolute Gasteiger partial charge is 0.491 e. The highest BCUT2D eigenvalue weighted by atomic mass is 32.2. The lowest BCUT2D eigenvalue weighted by molar-refractivity contribution is 0.321. The van der Waals surface area contributed by atoms with Crippen LogP contribution in [0.15, 0.2) is 53.4 Å². The van der Waals surface area contributed by atoms with Gasteiger partial charge in [-0.2, -0.15) is 4.31 Å². The smallest absolute Gasteiger partial charge is 0.243 e. The van der Waals surface area contributed by atoms with E-state index in [-0.39, 0.29) is 16.6 Å². The molecule has 4 nitrogen and oxygen atoms in total. The molecule has 1 fully saturated rings. The normalized spacial score (nSPS) is 18.7. The average molecular weight is 349 g/mol. The molecule has 0 saturated carbocycles. The van der Waals surface area contributed by atoms with Gasteiger partial charge in [0.2, 0.25) is 10.0 Å². The Morgan fingerprint density at radius 3 is 2.62 bits per heavy atom. The number of benzene rings is 2. The van der Waals surface area contributed by atoms with Crippen molar-refractivity contribution in [2.75, 3.05) is 19.7 Å². The predicted octanol–water partition coefficient (Wildman–Crippen LogP) is 3.40. The summed E-state index contributed by atoms with van der Waals surface area (Å²) in [6.07, 6.45) is 0.767. The van der Waals surface area contributed by atoms with Crippen molar-refractivity contribution in [1.82, 2.24) is 4.31 Å². The molecule has 1 atom stereocenters. The Balaban J connectivity index is 1.80. The summed E-state index contributed by atoms with van der Waals surface area (Å²) in [7, 11) is -3.70. The summed E-state index contributed by atoms with van der Waals surface area (Å²) in [6, 6.07) is 13.7. The van der Waals surface area contributed by atoms with Crippen molar-refractivity contribution in [2.24, 2.45) is 0 Å². The standard InChI is InChI=1S/C18H20FNO3S/c1-2-23-18-9-8-16(12-17(18)19)24(21,22)20-11-10-15(13-20)14-6-4-3-5-7-14/h3-9,12,15H,2,10-11,13H2,1H3. The highest BCUT2D eigenvalue weighted by Gasteiger charge is 2.33. The van der Waals surface area contributed by atoms with Crippen molar-refractivity contribution in [3.63, 3.8) is 0 Å². The summed E-state index contributed by atoms with van der Waals surface area (Å²) in [4.78, 5) is -0.0304. The summed E-state index contributed by atoms with van der Waals surface area (Å²) in [5.74, 6) is -0.412. The van der Waals surface area contributed by atoms with Crippen molar-refractivity contribution in [1.29, 1.82) is 0 Å². The zero-order valence-electron chi connectivity index (χ0n) is 13.5. The fraction of sp³-hybridized carbons (Fsp3) is 0.333. The van der Waals surface area contributed by atoms with Crippen LogP contribution in [0.25, 0.3) is 0 Å². The molecule has 0 radical (unpaired) electrons. The van der Waals surface area contributed by atoms with E-state index in [2.05, 4.69) is 0 Å². The second-order valence-corrected chi connectivity index (χ2v) is 7.72. The third kappa shape index (κ3) is 3.30. The minimum Gasteiger partial charge on any atom is -0.491 e. The van der Waals surface area contributed by atoms with Gasteiger partial charge < -0.3 is 4.74 Å². The first-order valence-electron chi connectivity index (χ1n) is 8.00. The fourth-order valence-corrected chi connectivity index (χ4v) is 4.52. The van der Waals surface area contributed by atoms with E-state index in [9.17, 15) is 12.8 Å². The van der Waals surface area contributed by atoms with Crippen molar-refractivity contribution >= 4 is 10.0 Å². The fourth-order valence-electron chi connectivity index (χ4n) is 3.01. The molecule has 0 spiro atoms. The second kappa shape index (κ2) is 6.91. The molecule has 3 rings (SSSR count). The average Bonchev–Trinajstić information content (AvgIpc) is 3.08. The van der Waals surface area contributed by atoms with Crippen LogP contribution < -0.4 is 4.74 Å². The molecule has 1 aliphatic rings. The number of sulfonamides is 1. The summed E-state index contributed by atoms with van der Waals surface area (Å²) in [5.41, 5.74) is 1.13. The molecule has 0 aromatic heterocycles. The van der Waals surface area contributed by atoms with E-state index in [0.29, 0.717) is 19.7 Å². The van der Waals surface area contributed by atoms with Gasteiger partial charge >= 0.3 is 0 Å². The van der Waals surface area contributed by atoms with Crippen LogP contribution in [0.2, 0.25) is 0 Å². The Hall–Kier alpha value is -1.92. The number of hydrogen-bond donors (Lipinski definition) is 0. The Kier molecular flexibility index (Phi) is 4.87. The van der Waals surface area contributed by atoms with Crippen molar-refractivity contribution in [3.05, 3.63) is 59.9 Å². The Morgan fingerprint density at radius 2 is 1.96 bits per heavy atom. The molecular formula is C18H20FNO3S. The highest BCUT2D eigenvalue weighted by molar-refractivity contribution is 7.89. The summed E-state index contributed by atoms with van der Waals surface area (Å²) >= 11 is 0.